The molecule has 0 aliphatic rings. The van der Waals surface area contributed by atoms with Crippen LogP contribution in [0.2, 0.25) is 10.0 Å². The molecule has 0 bridgehead atoms. The van der Waals surface area contributed by atoms with Crippen molar-refractivity contribution < 1.29 is 4.79 Å². The Balaban J connectivity index is 1.67. The van der Waals surface area contributed by atoms with E-state index >= 15 is 0 Å². The van der Waals surface area contributed by atoms with Crippen LogP contribution in [0.15, 0.2) is 58.5 Å². The van der Waals surface area contributed by atoms with Crippen molar-refractivity contribution in [2.45, 2.75) is 18.1 Å². The Bertz CT molecular complexity index is 970. The van der Waals surface area contributed by atoms with Gasteiger partial charge in [-0.15, -0.1) is 5.10 Å². The molecule has 8 heteroatoms. The first-order valence-electron chi connectivity index (χ1n) is 7.85. The first-order valence-corrected chi connectivity index (χ1v) is 9.59. The summed E-state index contributed by atoms with van der Waals surface area (Å²) in [6, 6.07) is 14.6. The van der Waals surface area contributed by atoms with E-state index in [1.807, 2.05) is 30.3 Å². The van der Waals surface area contributed by atoms with Crippen molar-refractivity contribution in [3.8, 4) is 0 Å². The second kappa shape index (κ2) is 8.58. The van der Waals surface area contributed by atoms with Gasteiger partial charge in [-0.3, -0.25) is 9.36 Å². The molecule has 134 valence electrons. The minimum atomic E-state index is -0.291. The lowest BCUT2D eigenvalue weighted by Crippen LogP contribution is -2.19. The number of aromatic nitrogens is 3. The highest BCUT2D eigenvalue weighted by molar-refractivity contribution is 7.99. The van der Waals surface area contributed by atoms with Crippen LogP contribution >= 0.6 is 35.0 Å². The molecule has 0 fully saturated rings. The van der Waals surface area contributed by atoms with Crippen LogP contribution in [0.4, 0.5) is 0 Å². The minimum absolute atomic E-state index is 0.122. The van der Waals surface area contributed by atoms with Gasteiger partial charge >= 0.3 is 5.69 Å². The zero-order valence-corrected chi connectivity index (χ0v) is 15.9. The molecule has 0 radical (unpaired) electrons. The maximum atomic E-state index is 12.4. The normalized spacial score (nSPS) is 10.8. The molecular weight excluding hydrogens is 393 g/mol. The van der Waals surface area contributed by atoms with Gasteiger partial charge in [0.15, 0.2) is 10.9 Å². The zero-order chi connectivity index (χ0) is 18.5. The van der Waals surface area contributed by atoms with Crippen LogP contribution < -0.4 is 5.69 Å². The third-order valence-electron chi connectivity index (χ3n) is 3.75. The molecule has 2 aromatic carbocycles. The summed E-state index contributed by atoms with van der Waals surface area (Å²) in [6.07, 6.45) is 0.699. The Morgan fingerprint density at radius 1 is 1.15 bits per heavy atom. The van der Waals surface area contributed by atoms with Crippen molar-refractivity contribution in [1.29, 1.82) is 0 Å². The summed E-state index contributed by atoms with van der Waals surface area (Å²) in [7, 11) is 0. The van der Waals surface area contributed by atoms with Crippen molar-refractivity contribution in [2.24, 2.45) is 0 Å². The number of nitrogens with one attached hydrogen (secondary N) is 1. The Morgan fingerprint density at radius 2 is 1.92 bits per heavy atom. The van der Waals surface area contributed by atoms with Crippen LogP contribution in [0.5, 0.6) is 0 Å². The Labute approximate surface area is 164 Å². The molecule has 0 atom stereocenters. The van der Waals surface area contributed by atoms with Crippen LogP contribution in [0.25, 0.3) is 0 Å². The molecule has 1 aromatic heterocycles. The number of nitrogens with zero attached hydrogens (tertiary/aromatic N) is 2. The monoisotopic (exact) mass is 407 g/mol. The van der Waals surface area contributed by atoms with Gasteiger partial charge in [0, 0.05) is 17.1 Å². The van der Waals surface area contributed by atoms with Gasteiger partial charge in [0.25, 0.3) is 0 Å². The fourth-order valence-electron chi connectivity index (χ4n) is 2.42. The van der Waals surface area contributed by atoms with Crippen molar-refractivity contribution in [2.75, 3.05) is 5.75 Å². The zero-order valence-electron chi connectivity index (χ0n) is 13.6. The quantitative estimate of drug-likeness (QED) is 0.472. The van der Waals surface area contributed by atoms with E-state index in [4.69, 9.17) is 23.2 Å². The topological polar surface area (TPSA) is 67.8 Å². The number of hydrogen-bond donors (Lipinski definition) is 1. The predicted molar refractivity (Wildman–Crippen MR) is 105 cm³/mol. The summed E-state index contributed by atoms with van der Waals surface area (Å²) in [4.78, 5) is 24.4. The molecule has 1 N–H and O–H groups in total. The third kappa shape index (κ3) is 4.58. The molecule has 5 nitrogen and oxygen atoms in total. The number of halogens is 2. The average molecular weight is 408 g/mol. The van der Waals surface area contributed by atoms with Crippen molar-refractivity contribution in [3.63, 3.8) is 0 Å². The van der Waals surface area contributed by atoms with Crippen LogP contribution in [0.1, 0.15) is 15.9 Å². The van der Waals surface area contributed by atoms with E-state index in [1.54, 1.807) is 12.1 Å². The second-order valence-electron chi connectivity index (χ2n) is 5.53. The molecule has 0 aliphatic heterocycles. The van der Waals surface area contributed by atoms with Gasteiger partial charge in [0.05, 0.1) is 10.8 Å². The van der Waals surface area contributed by atoms with E-state index in [9.17, 15) is 9.59 Å². The van der Waals surface area contributed by atoms with Crippen molar-refractivity contribution in [3.05, 3.63) is 80.2 Å². The summed E-state index contributed by atoms with van der Waals surface area (Å²) in [5.74, 6) is -0.0292. The number of hydrogen-bond acceptors (Lipinski definition) is 4. The van der Waals surface area contributed by atoms with Crippen LogP contribution in [-0.4, -0.2) is 26.3 Å². The number of H-pyrrole nitrogens is 1. The van der Waals surface area contributed by atoms with Crippen LogP contribution in [0, 0.1) is 0 Å². The molecule has 1 heterocycles. The maximum Gasteiger partial charge on any atom is 0.343 e. The molecule has 26 heavy (non-hydrogen) atoms. The molecule has 0 unspecified atom stereocenters. The van der Waals surface area contributed by atoms with Crippen molar-refractivity contribution >= 4 is 40.7 Å². The molecule has 3 aromatic rings. The van der Waals surface area contributed by atoms with Gasteiger partial charge in [0.2, 0.25) is 0 Å². The van der Waals surface area contributed by atoms with Crippen LogP contribution in [-0.2, 0) is 13.0 Å². The van der Waals surface area contributed by atoms with Gasteiger partial charge in [0.1, 0.15) is 0 Å². The first-order chi connectivity index (χ1) is 12.5. The summed E-state index contributed by atoms with van der Waals surface area (Å²) in [6.45, 7) is 0.484. The van der Waals surface area contributed by atoms with E-state index in [1.165, 1.54) is 22.4 Å². The standard InChI is InChI=1S/C18H15Cl2N3O2S/c19-13-6-7-14(15(20)10-13)16(24)11-26-18-22-21-17(25)23(18)9-8-12-4-2-1-3-5-12/h1-7,10H,8-9,11H2,(H,21,25). The Morgan fingerprint density at radius 3 is 2.65 bits per heavy atom. The molecule has 0 spiro atoms. The fraction of sp³-hybridized carbons (Fsp3) is 0.167. The number of rotatable bonds is 7. The van der Waals surface area contributed by atoms with E-state index in [0.717, 1.165) is 5.56 Å². The smallest absolute Gasteiger partial charge is 0.293 e. The highest BCUT2D eigenvalue weighted by Crippen LogP contribution is 2.23. The van der Waals surface area contributed by atoms with Gasteiger partial charge in [-0.05, 0) is 30.2 Å². The molecule has 3 rings (SSSR count). The predicted octanol–water partition coefficient (Wildman–Crippen LogP) is 4.10. The molecule has 0 saturated carbocycles. The summed E-state index contributed by atoms with van der Waals surface area (Å²) >= 11 is 13.1. The first kappa shape index (κ1) is 18.8. The summed E-state index contributed by atoms with van der Waals surface area (Å²) in [5.41, 5.74) is 1.23. The SMILES string of the molecule is O=C(CSc1n[nH]c(=O)n1CCc1ccccc1)c1ccc(Cl)cc1Cl. The number of carbonyl (C=O) groups is 1. The lowest BCUT2D eigenvalue weighted by Gasteiger charge is -2.06. The van der Waals surface area contributed by atoms with Gasteiger partial charge in [-0.1, -0.05) is 65.3 Å². The minimum Gasteiger partial charge on any atom is -0.293 e. The number of aryl methyl sites for hydroxylation is 1. The largest absolute Gasteiger partial charge is 0.343 e. The van der Waals surface area contributed by atoms with E-state index in [0.29, 0.717) is 33.7 Å². The number of thioether (sulfide) groups is 1. The third-order valence-corrected chi connectivity index (χ3v) is 5.28. The van der Waals surface area contributed by atoms with Gasteiger partial charge in [-0.25, -0.2) is 9.89 Å². The fourth-order valence-corrected chi connectivity index (χ4v) is 3.79. The molecular formula is C18H15Cl2N3O2S. The molecule has 0 aliphatic carbocycles. The lowest BCUT2D eigenvalue weighted by atomic mass is 10.1. The van der Waals surface area contributed by atoms with Gasteiger partial charge in [-0.2, -0.15) is 0 Å². The number of benzene rings is 2. The molecule has 0 saturated heterocycles. The number of aromatic amines is 1. The number of carbonyl (C=O) groups excluding carboxylic acids is 1. The van der Waals surface area contributed by atoms with Gasteiger partial charge < -0.3 is 0 Å². The van der Waals surface area contributed by atoms with E-state index in [-0.39, 0.29) is 17.2 Å². The summed E-state index contributed by atoms with van der Waals surface area (Å²) < 4.78 is 1.54. The highest BCUT2D eigenvalue weighted by atomic mass is 35.5. The molecule has 0 amide bonds. The summed E-state index contributed by atoms with van der Waals surface area (Å²) in [5, 5.41) is 7.71. The van der Waals surface area contributed by atoms with E-state index < -0.39 is 0 Å². The average Bonchev–Trinajstić information content (AvgIpc) is 2.98. The van der Waals surface area contributed by atoms with Crippen LogP contribution in [0.3, 0.4) is 0 Å². The number of Topliss-reactive ketones (excluding diaryl/α,β-unsaturated/α-hetero) is 1. The second-order valence-corrected chi connectivity index (χ2v) is 7.32. The van der Waals surface area contributed by atoms with Crippen molar-refractivity contribution in [1.82, 2.24) is 14.8 Å². The maximum absolute atomic E-state index is 12.4. The highest BCUT2D eigenvalue weighted by Gasteiger charge is 2.15. The van der Waals surface area contributed by atoms with E-state index in [2.05, 4.69) is 10.2 Å². The lowest BCUT2D eigenvalue weighted by molar-refractivity contribution is 0.102. The Kier molecular flexibility index (Phi) is 6.19. The Hall–Kier alpha value is -2.02. The number of ketones is 1.